The average molecular weight is 248 g/mol. The first-order valence-electron chi connectivity index (χ1n) is 5.86. The molecule has 2 N–H and O–H groups in total. The van der Waals surface area contributed by atoms with Crippen molar-refractivity contribution in [1.29, 1.82) is 0 Å². The zero-order valence-electron chi connectivity index (χ0n) is 10.1. The molecule has 0 saturated carbocycles. The molecular weight excluding hydrogens is 232 g/mol. The van der Waals surface area contributed by atoms with Gasteiger partial charge in [-0.2, -0.15) is 0 Å². The Kier molecular flexibility index (Phi) is 2.52. The van der Waals surface area contributed by atoms with Crippen molar-refractivity contribution < 1.29 is 0 Å². The number of rotatable bonds is 2. The van der Waals surface area contributed by atoms with Crippen LogP contribution in [0.15, 0.2) is 6.33 Å². The first kappa shape index (κ1) is 10.9. The lowest BCUT2D eigenvalue weighted by Gasteiger charge is -2.39. The van der Waals surface area contributed by atoms with Gasteiger partial charge in [0, 0.05) is 23.9 Å². The van der Waals surface area contributed by atoms with Crippen LogP contribution in [0.4, 0.5) is 5.82 Å². The van der Waals surface area contributed by atoms with E-state index in [9.17, 15) is 0 Å². The van der Waals surface area contributed by atoms with Gasteiger partial charge in [0.2, 0.25) is 0 Å². The van der Waals surface area contributed by atoms with Gasteiger partial charge in [0.15, 0.2) is 0 Å². The second kappa shape index (κ2) is 3.92. The molecule has 0 aliphatic carbocycles. The van der Waals surface area contributed by atoms with Crippen LogP contribution in [-0.4, -0.2) is 29.6 Å². The molecule has 0 aromatic carbocycles. The Morgan fingerprint density at radius 1 is 1.41 bits per heavy atom. The molecule has 0 bridgehead atoms. The molecule has 0 amide bonds. The van der Waals surface area contributed by atoms with Gasteiger partial charge < -0.3 is 10.6 Å². The third-order valence-electron chi connectivity index (χ3n) is 3.54. The zero-order valence-corrected chi connectivity index (χ0v) is 10.9. The fraction of sp³-hybridized carbons (Fsp3) is 0.500. The van der Waals surface area contributed by atoms with Crippen LogP contribution >= 0.6 is 11.3 Å². The molecule has 0 unspecified atom stereocenters. The van der Waals surface area contributed by atoms with Crippen LogP contribution in [0, 0.1) is 19.8 Å². The van der Waals surface area contributed by atoms with E-state index >= 15 is 0 Å². The van der Waals surface area contributed by atoms with Gasteiger partial charge in [0.25, 0.3) is 0 Å². The van der Waals surface area contributed by atoms with Gasteiger partial charge in [0.05, 0.1) is 5.39 Å². The van der Waals surface area contributed by atoms with Crippen molar-refractivity contribution in [2.75, 3.05) is 24.5 Å². The van der Waals surface area contributed by atoms with Crippen LogP contribution in [0.25, 0.3) is 10.2 Å². The number of hydrogen-bond donors (Lipinski definition) is 1. The zero-order chi connectivity index (χ0) is 12.0. The van der Waals surface area contributed by atoms with Crippen molar-refractivity contribution in [3.8, 4) is 0 Å². The van der Waals surface area contributed by atoms with Crippen LogP contribution in [0.3, 0.4) is 0 Å². The highest BCUT2D eigenvalue weighted by molar-refractivity contribution is 7.18. The Hall–Kier alpha value is -1.20. The molecule has 4 nitrogen and oxygen atoms in total. The molecule has 90 valence electrons. The van der Waals surface area contributed by atoms with Gasteiger partial charge in [-0.1, -0.05) is 0 Å². The minimum atomic E-state index is 0.625. The standard InChI is InChI=1S/C12H16N4S/c1-7-8(2)17-12-10(7)11(14-6-15-12)16-4-9(3-13)5-16/h6,9H,3-5,13H2,1-2H3. The summed E-state index contributed by atoms with van der Waals surface area (Å²) < 4.78 is 0. The van der Waals surface area contributed by atoms with E-state index in [0.29, 0.717) is 5.92 Å². The Bertz CT molecular complexity index is 557. The summed E-state index contributed by atoms with van der Waals surface area (Å²) in [6.45, 7) is 7.12. The van der Waals surface area contributed by atoms with Crippen molar-refractivity contribution in [3.05, 3.63) is 16.8 Å². The van der Waals surface area contributed by atoms with Crippen LogP contribution < -0.4 is 10.6 Å². The van der Waals surface area contributed by atoms with E-state index in [0.717, 1.165) is 30.3 Å². The molecule has 5 heteroatoms. The summed E-state index contributed by atoms with van der Waals surface area (Å²) >= 11 is 1.75. The molecule has 0 atom stereocenters. The maximum Gasteiger partial charge on any atom is 0.141 e. The van der Waals surface area contributed by atoms with E-state index < -0.39 is 0 Å². The SMILES string of the molecule is Cc1sc2ncnc(N3CC(CN)C3)c2c1C. The molecule has 1 aliphatic heterocycles. The molecule has 1 fully saturated rings. The van der Waals surface area contributed by atoms with E-state index in [4.69, 9.17) is 5.73 Å². The fourth-order valence-electron chi connectivity index (χ4n) is 2.30. The number of aryl methyl sites for hydroxylation is 2. The number of thiophene rings is 1. The summed E-state index contributed by atoms with van der Waals surface area (Å²) in [5.41, 5.74) is 6.98. The van der Waals surface area contributed by atoms with E-state index in [2.05, 4.69) is 28.7 Å². The highest BCUT2D eigenvalue weighted by atomic mass is 32.1. The lowest BCUT2D eigenvalue weighted by Crippen LogP contribution is -2.50. The summed E-state index contributed by atoms with van der Waals surface area (Å²) in [6, 6.07) is 0. The fourth-order valence-corrected chi connectivity index (χ4v) is 3.29. The lowest BCUT2D eigenvalue weighted by atomic mass is 10.00. The number of fused-ring (bicyclic) bond motifs is 1. The quantitative estimate of drug-likeness (QED) is 0.879. The first-order chi connectivity index (χ1) is 8.20. The molecule has 2 aromatic rings. The van der Waals surface area contributed by atoms with Gasteiger partial charge in [-0.3, -0.25) is 0 Å². The van der Waals surface area contributed by atoms with E-state index in [1.54, 1.807) is 17.7 Å². The molecule has 1 aliphatic rings. The normalized spacial score (nSPS) is 16.5. The monoisotopic (exact) mass is 248 g/mol. The second-order valence-electron chi connectivity index (χ2n) is 4.67. The topological polar surface area (TPSA) is 55.0 Å². The second-order valence-corrected chi connectivity index (χ2v) is 5.87. The maximum absolute atomic E-state index is 5.66. The van der Waals surface area contributed by atoms with Gasteiger partial charge in [-0.15, -0.1) is 11.3 Å². The summed E-state index contributed by atoms with van der Waals surface area (Å²) in [5, 5.41) is 1.23. The Morgan fingerprint density at radius 3 is 2.88 bits per heavy atom. The molecule has 17 heavy (non-hydrogen) atoms. The predicted molar refractivity (Wildman–Crippen MR) is 71.6 cm³/mol. The molecule has 0 spiro atoms. The predicted octanol–water partition coefficient (Wildman–Crippen LogP) is 1.70. The van der Waals surface area contributed by atoms with Crippen LogP contribution in [0.1, 0.15) is 10.4 Å². The third-order valence-corrected chi connectivity index (χ3v) is 4.65. The lowest BCUT2D eigenvalue weighted by molar-refractivity contribution is 0.418. The van der Waals surface area contributed by atoms with Crippen molar-refractivity contribution in [1.82, 2.24) is 9.97 Å². The van der Waals surface area contributed by atoms with Crippen molar-refractivity contribution in [3.63, 3.8) is 0 Å². The number of nitrogens with two attached hydrogens (primary N) is 1. The van der Waals surface area contributed by atoms with Crippen LogP contribution in [0.2, 0.25) is 0 Å². The molecule has 1 saturated heterocycles. The van der Waals surface area contributed by atoms with Gasteiger partial charge >= 0.3 is 0 Å². The maximum atomic E-state index is 5.66. The minimum Gasteiger partial charge on any atom is -0.355 e. The van der Waals surface area contributed by atoms with Crippen molar-refractivity contribution in [2.45, 2.75) is 13.8 Å². The van der Waals surface area contributed by atoms with Crippen LogP contribution in [0.5, 0.6) is 0 Å². The number of aromatic nitrogens is 2. The molecule has 2 aromatic heterocycles. The molecule has 0 radical (unpaired) electrons. The van der Waals surface area contributed by atoms with Gasteiger partial charge in [-0.05, 0) is 26.0 Å². The minimum absolute atomic E-state index is 0.625. The number of nitrogens with zero attached hydrogens (tertiary/aromatic N) is 3. The third kappa shape index (κ3) is 1.61. The Balaban J connectivity index is 2.05. The summed E-state index contributed by atoms with van der Waals surface area (Å²) in [5.74, 6) is 1.71. The summed E-state index contributed by atoms with van der Waals surface area (Å²) in [6.07, 6.45) is 1.67. The molecular formula is C12H16N4S. The van der Waals surface area contributed by atoms with Crippen LogP contribution in [-0.2, 0) is 0 Å². The smallest absolute Gasteiger partial charge is 0.141 e. The Morgan fingerprint density at radius 2 is 2.18 bits per heavy atom. The van der Waals surface area contributed by atoms with E-state index in [1.807, 2.05) is 0 Å². The number of anilines is 1. The van der Waals surface area contributed by atoms with Gasteiger partial charge in [0.1, 0.15) is 17.0 Å². The van der Waals surface area contributed by atoms with Crippen molar-refractivity contribution >= 4 is 27.4 Å². The summed E-state index contributed by atoms with van der Waals surface area (Å²) in [7, 11) is 0. The number of hydrogen-bond acceptors (Lipinski definition) is 5. The highest BCUT2D eigenvalue weighted by Gasteiger charge is 2.28. The van der Waals surface area contributed by atoms with Gasteiger partial charge in [-0.25, -0.2) is 9.97 Å². The highest BCUT2D eigenvalue weighted by Crippen LogP contribution is 2.36. The van der Waals surface area contributed by atoms with Crippen molar-refractivity contribution in [2.24, 2.45) is 11.7 Å². The van der Waals surface area contributed by atoms with E-state index in [-0.39, 0.29) is 0 Å². The first-order valence-corrected chi connectivity index (χ1v) is 6.68. The largest absolute Gasteiger partial charge is 0.355 e. The average Bonchev–Trinajstić information content (AvgIpc) is 2.54. The summed E-state index contributed by atoms with van der Waals surface area (Å²) in [4.78, 5) is 13.5. The Labute approximate surface area is 104 Å². The molecule has 3 heterocycles. The molecule has 3 rings (SSSR count). The van der Waals surface area contributed by atoms with E-state index in [1.165, 1.54) is 15.8 Å².